The lowest BCUT2D eigenvalue weighted by molar-refractivity contribution is 0.559. The molecule has 0 amide bonds. The van der Waals surface area contributed by atoms with Gasteiger partial charge in [0.05, 0.1) is 11.5 Å². The number of sulfone groups is 1. The van der Waals surface area contributed by atoms with Gasteiger partial charge in [0.15, 0.2) is 0 Å². The van der Waals surface area contributed by atoms with Gasteiger partial charge in [0.25, 0.3) is 0 Å². The monoisotopic (exact) mass is 267 g/mol. The van der Waals surface area contributed by atoms with Crippen molar-refractivity contribution in [2.24, 2.45) is 0 Å². The third-order valence-electron chi connectivity index (χ3n) is 3.45. The summed E-state index contributed by atoms with van der Waals surface area (Å²) in [4.78, 5) is 0. The molecule has 1 aliphatic heterocycles. The van der Waals surface area contributed by atoms with Crippen molar-refractivity contribution in [3.05, 3.63) is 29.8 Å². The summed E-state index contributed by atoms with van der Waals surface area (Å²) < 4.78 is 22.8. The van der Waals surface area contributed by atoms with Gasteiger partial charge in [-0.2, -0.15) is 0 Å². The molecule has 1 aromatic carbocycles. The van der Waals surface area contributed by atoms with Gasteiger partial charge in [0.2, 0.25) is 0 Å². The van der Waals surface area contributed by atoms with Crippen molar-refractivity contribution >= 4 is 15.5 Å². The molecule has 18 heavy (non-hydrogen) atoms. The Morgan fingerprint density at radius 1 is 1.22 bits per heavy atom. The molecule has 0 bridgehead atoms. The van der Waals surface area contributed by atoms with Crippen LogP contribution >= 0.6 is 0 Å². The fourth-order valence-electron chi connectivity index (χ4n) is 2.40. The lowest BCUT2D eigenvalue weighted by Gasteiger charge is -2.25. The zero-order valence-corrected chi connectivity index (χ0v) is 11.7. The van der Waals surface area contributed by atoms with Crippen LogP contribution < -0.4 is 5.32 Å². The van der Waals surface area contributed by atoms with Crippen LogP contribution in [0.25, 0.3) is 0 Å². The summed E-state index contributed by atoms with van der Waals surface area (Å²) in [5.74, 6) is 0.640. The molecule has 1 aliphatic rings. The quantitative estimate of drug-likeness (QED) is 0.912. The molecule has 1 saturated heterocycles. The Morgan fingerprint density at radius 2 is 1.89 bits per heavy atom. The Hall–Kier alpha value is -1.03. The van der Waals surface area contributed by atoms with Gasteiger partial charge in [-0.1, -0.05) is 31.5 Å². The van der Waals surface area contributed by atoms with E-state index in [4.69, 9.17) is 0 Å². The first-order valence-electron chi connectivity index (χ1n) is 6.65. The third kappa shape index (κ3) is 3.48. The summed E-state index contributed by atoms with van der Waals surface area (Å²) in [6, 6.07) is 8.62. The number of nitrogens with one attached hydrogen (secondary N) is 1. The lowest BCUT2D eigenvalue weighted by Crippen LogP contribution is -2.32. The van der Waals surface area contributed by atoms with E-state index >= 15 is 0 Å². The Bertz CT molecular complexity index is 482. The molecule has 1 heterocycles. The Balaban J connectivity index is 2.02. The number of aryl methyl sites for hydroxylation is 1. The molecule has 2 rings (SSSR count). The molecule has 0 radical (unpaired) electrons. The van der Waals surface area contributed by atoms with Gasteiger partial charge in [-0.3, -0.25) is 0 Å². The van der Waals surface area contributed by atoms with E-state index in [1.807, 2.05) is 6.07 Å². The SMILES string of the molecule is CCCc1ccccc1NC1CCS(=O)(=O)CC1. The maximum absolute atomic E-state index is 11.4. The first kappa shape index (κ1) is 13.4. The van der Waals surface area contributed by atoms with Crippen LogP contribution in [-0.2, 0) is 16.3 Å². The van der Waals surface area contributed by atoms with Gasteiger partial charge in [0, 0.05) is 11.7 Å². The van der Waals surface area contributed by atoms with E-state index in [1.54, 1.807) is 0 Å². The summed E-state index contributed by atoms with van der Waals surface area (Å²) in [6.45, 7) is 2.17. The van der Waals surface area contributed by atoms with Crippen LogP contribution in [0.1, 0.15) is 31.7 Å². The van der Waals surface area contributed by atoms with Gasteiger partial charge < -0.3 is 5.32 Å². The van der Waals surface area contributed by atoms with E-state index in [2.05, 4.69) is 30.4 Å². The summed E-state index contributed by atoms with van der Waals surface area (Å²) >= 11 is 0. The van der Waals surface area contributed by atoms with Gasteiger partial charge >= 0.3 is 0 Å². The summed E-state index contributed by atoms with van der Waals surface area (Å²) in [6.07, 6.45) is 3.64. The smallest absolute Gasteiger partial charge is 0.150 e. The highest BCUT2D eigenvalue weighted by Gasteiger charge is 2.23. The summed E-state index contributed by atoms with van der Waals surface area (Å²) in [5, 5.41) is 3.51. The van der Waals surface area contributed by atoms with Crippen LogP contribution in [-0.4, -0.2) is 26.0 Å². The van der Waals surface area contributed by atoms with Crippen LogP contribution in [0.5, 0.6) is 0 Å². The molecular weight excluding hydrogens is 246 g/mol. The van der Waals surface area contributed by atoms with E-state index in [-0.39, 0.29) is 0 Å². The van der Waals surface area contributed by atoms with Gasteiger partial charge in [-0.05, 0) is 30.9 Å². The predicted molar refractivity (Wildman–Crippen MR) is 75.7 cm³/mol. The summed E-state index contributed by atoms with van der Waals surface area (Å²) in [7, 11) is -2.77. The zero-order valence-electron chi connectivity index (χ0n) is 10.9. The Kier molecular flexibility index (Phi) is 4.27. The third-order valence-corrected chi connectivity index (χ3v) is 5.17. The lowest BCUT2D eigenvalue weighted by atomic mass is 10.1. The van der Waals surface area contributed by atoms with E-state index < -0.39 is 9.84 Å². The molecule has 0 atom stereocenters. The van der Waals surface area contributed by atoms with Crippen molar-refractivity contribution in [3.8, 4) is 0 Å². The molecule has 3 nitrogen and oxygen atoms in total. The fraction of sp³-hybridized carbons (Fsp3) is 0.571. The first-order valence-corrected chi connectivity index (χ1v) is 8.48. The van der Waals surface area contributed by atoms with Crippen LogP contribution in [0.3, 0.4) is 0 Å². The van der Waals surface area contributed by atoms with Crippen LogP contribution in [0.4, 0.5) is 5.69 Å². The molecule has 0 saturated carbocycles. The molecule has 0 unspecified atom stereocenters. The Labute approximate surface area is 110 Å². The largest absolute Gasteiger partial charge is 0.382 e. The normalized spacial score (nSPS) is 19.6. The first-order chi connectivity index (χ1) is 8.61. The standard InChI is InChI=1S/C14H21NO2S/c1-2-5-12-6-3-4-7-14(12)15-13-8-10-18(16,17)11-9-13/h3-4,6-7,13,15H,2,5,8-11H2,1H3. The van der Waals surface area contributed by atoms with Crippen molar-refractivity contribution < 1.29 is 8.42 Å². The molecule has 1 fully saturated rings. The number of rotatable bonds is 4. The van der Waals surface area contributed by atoms with E-state index in [0.29, 0.717) is 17.5 Å². The molecule has 0 spiro atoms. The number of hydrogen-bond donors (Lipinski definition) is 1. The van der Waals surface area contributed by atoms with Crippen LogP contribution in [0.15, 0.2) is 24.3 Å². The number of benzene rings is 1. The average Bonchev–Trinajstić information content (AvgIpc) is 2.35. The fourth-order valence-corrected chi connectivity index (χ4v) is 3.89. The molecule has 100 valence electrons. The van der Waals surface area contributed by atoms with Gasteiger partial charge in [-0.25, -0.2) is 8.42 Å². The Morgan fingerprint density at radius 3 is 2.56 bits per heavy atom. The maximum Gasteiger partial charge on any atom is 0.150 e. The highest BCUT2D eigenvalue weighted by molar-refractivity contribution is 7.91. The van der Waals surface area contributed by atoms with Crippen LogP contribution in [0.2, 0.25) is 0 Å². The molecule has 1 N–H and O–H groups in total. The van der Waals surface area contributed by atoms with E-state index in [9.17, 15) is 8.42 Å². The number of para-hydroxylation sites is 1. The predicted octanol–water partition coefficient (Wildman–Crippen LogP) is 2.63. The molecule has 4 heteroatoms. The van der Waals surface area contributed by atoms with E-state index in [1.165, 1.54) is 11.3 Å². The van der Waals surface area contributed by atoms with Crippen LogP contribution in [0, 0.1) is 0 Å². The molecule has 0 aromatic heterocycles. The second-order valence-electron chi connectivity index (χ2n) is 4.98. The minimum absolute atomic E-state index is 0.298. The molecular formula is C14H21NO2S. The maximum atomic E-state index is 11.4. The van der Waals surface area contributed by atoms with Crippen molar-refractivity contribution in [2.45, 2.75) is 38.6 Å². The van der Waals surface area contributed by atoms with Gasteiger partial charge in [0.1, 0.15) is 9.84 Å². The van der Waals surface area contributed by atoms with Crippen molar-refractivity contribution in [1.82, 2.24) is 0 Å². The summed E-state index contributed by atoms with van der Waals surface area (Å²) in [5.41, 5.74) is 2.50. The molecule has 0 aliphatic carbocycles. The molecule has 1 aromatic rings. The van der Waals surface area contributed by atoms with Gasteiger partial charge in [-0.15, -0.1) is 0 Å². The minimum Gasteiger partial charge on any atom is -0.382 e. The van der Waals surface area contributed by atoms with Crippen molar-refractivity contribution in [2.75, 3.05) is 16.8 Å². The number of hydrogen-bond acceptors (Lipinski definition) is 3. The van der Waals surface area contributed by atoms with Crippen molar-refractivity contribution in [1.29, 1.82) is 0 Å². The topological polar surface area (TPSA) is 46.2 Å². The zero-order chi connectivity index (χ0) is 13.0. The average molecular weight is 267 g/mol. The highest BCUT2D eigenvalue weighted by Crippen LogP contribution is 2.22. The highest BCUT2D eigenvalue weighted by atomic mass is 32.2. The van der Waals surface area contributed by atoms with E-state index in [0.717, 1.165) is 25.7 Å². The number of anilines is 1. The second kappa shape index (κ2) is 5.74. The second-order valence-corrected chi connectivity index (χ2v) is 7.28. The minimum atomic E-state index is -2.77. The van der Waals surface area contributed by atoms with Crippen molar-refractivity contribution in [3.63, 3.8) is 0 Å².